The van der Waals surface area contributed by atoms with Crippen LogP contribution in [0.25, 0.3) is 0 Å². The molecule has 2 rings (SSSR count). The summed E-state index contributed by atoms with van der Waals surface area (Å²) in [6, 6.07) is 3.86. The minimum atomic E-state index is -0.545. The number of amides is 1. The number of rotatable bonds is 6. The van der Waals surface area contributed by atoms with Crippen molar-refractivity contribution < 1.29 is 14.5 Å². The molecule has 0 aromatic heterocycles. The molecule has 6 nitrogen and oxygen atoms in total. The molecular formula is C12H13ClN2O4. The first-order valence-corrected chi connectivity index (χ1v) is 6.27. The van der Waals surface area contributed by atoms with Gasteiger partial charge in [0.15, 0.2) is 6.61 Å². The van der Waals surface area contributed by atoms with Gasteiger partial charge in [-0.3, -0.25) is 14.9 Å². The molecule has 7 heteroatoms. The van der Waals surface area contributed by atoms with Crippen LogP contribution in [0.1, 0.15) is 12.8 Å². The maximum absolute atomic E-state index is 11.5. The number of hydrogen-bond acceptors (Lipinski definition) is 4. The van der Waals surface area contributed by atoms with Gasteiger partial charge in [-0.2, -0.15) is 0 Å². The molecule has 1 aromatic rings. The van der Waals surface area contributed by atoms with Crippen molar-refractivity contribution in [2.24, 2.45) is 5.92 Å². The van der Waals surface area contributed by atoms with Crippen LogP contribution < -0.4 is 10.1 Å². The molecule has 0 aliphatic heterocycles. The van der Waals surface area contributed by atoms with E-state index in [2.05, 4.69) is 5.32 Å². The summed E-state index contributed by atoms with van der Waals surface area (Å²) in [5, 5.41) is 13.6. The van der Waals surface area contributed by atoms with Crippen molar-refractivity contribution in [3.63, 3.8) is 0 Å². The molecule has 0 saturated heterocycles. The Balaban J connectivity index is 1.88. The zero-order chi connectivity index (χ0) is 13.8. The highest BCUT2D eigenvalue weighted by Gasteiger charge is 2.21. The Morgan fingerprint density at radius 3 is 2.89 bits per heavy atom. The van der Waals surface area contributed by atoms with Gasteiger partial charge in [0.2, 0.25) is 0 Å². The number of ether oxygens (including phenoxy) is 1. The normalized spacial score (nSPS) is 13.9. The molecule has 0 radical (unpaired) electrons. The van der Waals surface area contributed by atoms with E-state index in [4.69, 9.17) is 16.3 Å². The fraction of sp³-hybridized carbons (Fsp3) is 0.417. The summed E-state index contributed by atoms with van der Waals surface area (Å²) in [6.45, 7) is 0.457. The average molecular weight is 285 g/mol. The zero-order valence-electron chi connectivity index (χ0n) is 10.1. The molecule has 1 N–H and O–H groups in total. The van der Waals surface area contributed by atoms with Gasteiger partial charge in [0.1, 0.15) is 5.75 Å². The van der Waals surface area contributed by atoms with Crippen LogP contribution in [0.15, 0.2) is 18.2 Å². The van der Waals surface area contributed by atoms with Crippen molar-refractivity contribution in [1.29, 1.82) is 0 Å². The molecule has 0 atom stereocenters. The predicted molar refractivity (Wildman–Crippen MR) is 69.3 cm³/mol. The first-order chi connectivity index (χ1) is 9.06. The van der Waals surface area contributed by atoms with Gasteiger partial charge in [0.25, 0.3) is 11.6 Å². The summed E-state index contributed by atoms with van der Waals surface area (Å²) in [4.78, 5) is 21.5. The molecule has 102 valence electrons. The fourth-order valence-electron chi connectivity index (χ4n) is 1.49. The third-order valence-corrected chi connectivity index (χ3v) is 3.08. The Labute approximate surface area is 114 Å². The quantitative estimate of drug-likeness (QED) is 0.641. The Morgan fingerprint density at radius 1 is 1.53 bits per heavy atom. The van der Waals surface area contributed by atoms with Crippen LogP contribution in [0, 0.1) is 16.0 Å². The number of carbonyl (C=O) groups excluding carboxylic acids is 1. The third kappa shape index (κ3) is 4.10. The smallest absolute Gasteiger partial charge is 0.273 e. The van der Waals surface area contributed by atoms with Crippen molar-refractivity contribution in [2.75, 3.05) is 13.2 Å². The van der Waals surface area contributed by atoms with Gasteiger partial charge in [-0.05, 0) is 24.8 Å². The minimum absolute atomic E-state index is 0.127. The van der Waals surface area contributed by atoms with Crippen LogP contribution in [-0.4, -0.2) is 24.0 Å². The van der Waals surface area contributed by atoms with Crippen molar-refractivity contribution in [1.82, 2.24) is 5.32 Å². The lowest BCUT2D eigenvalue weighted by Gasteiger charge is -2.08. The molecule has 0 unspecified atom stereocenters. The van der Waals surface area contributed by atoms with Crippen LogP contribution in [0.3, 0.4) is 0 Å². The number of benzene rings is 1. The SMILES string of the molecule is O=C(COc1cc([N+](=O)[O-])ccc1Cl)NCC1CC1. The third-order valence-electron chi connectivity index (χ3n) is 2.77. The van der Waals surface area contributed by atoms with Crippen molar-refractivity contribution in [3.05, 3.63) is 33.3 Å². The second kappa shape index (κ2) is 5.88. The van der Waals surface area contributed by atoms with Gasteiger partial charge in [-0.1, -0.05) is 11.6 Å². The molecular weight excluding hydrogens is 272 g/mol. The van der Waals surface area contributed by atoms with Crippen LogP contribution in [0.2, 0.25) is 5.02 Å². The standard InChI is InChI=1S/C12H13ClN2O4/c13-10-4-3-9(15(17)18)5-11(10)19-7-12(16)14-6-8-1-2-8/h3-5,8H,1-2,6-7H2,(H,14,16). The number of nitrogens with zero attached hydrogens (tertiary/aromatic N) is 1. The number of nitrogens with one attached hydrogen (secondary N) is 1. The highest BCUT2D eigenvalue weighted by Crippen LogP contribution is 2.29. The number of hydrogen-bond donors (Lipinski definition) is 1. The summed E-state index contributed by atoms with van der Waals surface area (Å²) in [6.07, 6.45) is 2.30. The Bertz CT molecular complexity index is 503. The van der Waals surface area contributed by atoms with E-state index < -0.39 is 4.92 Å². The van der Waals surface area contributed by atoms with E-state index in [9.17, 15) is 14.9 Å². The first kappa shape index (κ1) is 13.6. The van der Waals surface area contributed by atoms with Crippen molar-refractivity contribution in [2.45, 2.75) is 12.8 Å². The minimum Gasteiger partial charge on any atom is -0.482 e. The van der Waals surface area contributed by atoms with Crippen LogP contribution in [-0.2, 0) is 4.79 Å². The lowest BCUT2D eigenvalue weighted by atomic mass is 10.3. The van der Waals surface area contributed by atoms with Crippen molar-refractivity contribution >= 4 is 23.2 Å². The summed E-state index contributed by atoms with van der Waals surface area (Å²) in [5.41, 5.74) is -0.127. The molecule has 1 amide bonds. The fourth-order valence-corrected chi connectivity index (χ4v) is 1.66. The van der Waals surface area contributed by atoms with E-state index in [1.165, 1.54) is 18.2 Å². The molecule has 19 heavy (non-hydrogen) atoms. The number of nitro benzene ring substituents is 1. The molecule has 1 aliphatic rings. The lowest BCUT2D eigenvalue weighted by molar-refractivity contribution is -0.384. The molecule has 1 aromatic carbocycles. The summed E-state index contributed by atoms with van der Waals surface area (Å²) in [5.74, 6) is 0.470. The molecule has 0 bridgehead atoms. The van der Waals surface area contributed by atoms with E-state index in [1.807, 2.05) is 0 Å². The molecule has 1 aliphatic carbocycles. The Morgan fingerprint density at radius 2 is 2.26 bits per heavy atom. The first-order valence-electron chi connectivity index (χ1n) is 5.89. The second-order valence-corrected chi connectivity index (χ2v) is 4.82. The van der Waals surface area contributed by atoms with Gasteiger partial charge in [0.05, 0.1) is 16.0 Å². The van der Waals surface area contributed by atoms with Crippen LogP contribution in [0.5, 0.6) is 5.75 Å². The van der Waals surface area contributed by atoms with E-state index in [-0.39, 0.29) is 29.0 Å². The van der Waals surface area contributed by atoms with Gasteiger partial charge in [0, 0.05) is 12.6 Å². The van der Waals surface area contributed by atoms with Crippen LogP contribution in [0.4, 0.5) is 5.69 Å². The zero-order valence-corrected chi connectivity index (χ0v) is 10.9. The number of non-ortho nitro benzene ring substituents is 1. The molecule has 1 fully saturated rings. The van der Waals surface area contributed by atoms with Gasteiger partial charge in [-0.25, -0.2) is 0 Å². The highest BCUT2D eigenvalue weighted by atomic mass is 35.5. The Kier molecular flexibility index (Phi) is 4.21. The largest absolute Gasteiger partial charge is 0.482 e. The Hall–Kier alpha value is -1.82. The van der Waals surface area contributed by atoms with E-state index >= 15 is 0 Å². The lowest BCUT2D eigenvalue weighted by Crippen LogP contribution is -2.30. The van der Waals surface area contributed by atoms with Crippen LogP contribution >= 0.6 is 11.6 Å². The van der Waals surface area contributed by atoms with E-state index in [0.717, 1.165) is 12.8 Å². The summed E-state index contributed by atoms with van der Waals surface area (Å²) >= 11 is 5.84. The summed E-state index contributed by atoms with van der Waals surface area (Å²) in [7, 11) is 0. The van der Waals surface area contributed by atoms with Gasteiger partial charge >= 0.3 is 0 Å². The van der Waals surface area contributed by atoms with E-state index in [0.29, 0.717) is 12.5 Å². The molecule has 1 saturated carbocycles. The molecule has 0 heterocycles. The van der Waals surface area contributed by atoms with Gasteiger partial charge < -0.3 is 10.1 Å². The number of nitro groups is 1. The van der Waals surface area contributed by atoms with E-state index in [1.54, 1.807) is 0 Å². The van der Waals surface area contributed by atoms with Gasteiger partial charge in [-0.15, -0.1) is 0 Å². The maximum atomic E-state index is 11.5. The number of halogens is 1. The number of carbonyl (C=O) groups is 1. The monoisotopic (exact) mass is 284 g/mol. The molecule has 0 spiro atoms. The van der Waals surface area contributed by atoms with Crippen molar-refractivity contribution in [3.8, 4) is 5.75 Å². The summed E-state index contributed by atoms with van der Waals surface area (Å²) < 4.78 is 5.19. The predicted octanol–water partition coefficient (Wildman–Crippen LogP) is 2.15. The average Bonchev–Trinajstić information content (AvgIpc) is 3.19. The highest BCUT2D eigenvalue weighted by molar-refractivity contribution is 6.32. The maximum Gasteiger partial charge on any atom is 0.273 e. The topological polar surface area (TPSA) is 81.5 Å². The second-order valence-electron chi connectivity index (χ2n) is 4.41.